The predicted molar refractivity (Wildman–Crippen MR) is 225 cm³/mol. The van der Waals surface area contributed by atoms with Crippen molar-refractivity contribution >= 4 is 19.8 Å². The molecule has 56 heavy (non-hydrogen) atoms. The van der Waals surface area contributed by atoms with Gasteiger partial charge in [-0.1, -0.05) is 166 Å². The summed E-state index contributed by atoms with van der Waals surface area (Å²) in [5, 5.41) is 28.6. The van der Waals surface area contributed by atoms with Crippen molar-refractivity contribution in [2.75, 3.05) is 26.4 Å². The van der Waals surface area contributed by atoms with Crippen molar-refractivity contribution in [3.05, 3.63) is 36.5 Å². The number of aliphatic hydroxyl groups excluding tert-OH is 3. The number of phosphoric ester groups is 1. The Kier molecular flexibility index (Phi) is 37.4. The molecule has 0 amide bonds. The van der Waals surface area contributed by atoms with Crippen LogP contribution in [0, 0.1) is 5.92 Å². The van der Waals surface area contributed by atoms with E-state index in [1.165, 1.54) is 96.3 Å². The number of carbonyl (C=O) groups excluding carboxylic acids is 2. The molecule has 0 aromatic rings. The molecule has 328 valence electrons. The van der Waals surface area contributed by atoms with Gasteiger partial charge in [0.1, 0.15) is 12.7 Å². The molecule has 0 rings (SSSR count). The van der Waals surface area contributed by atoms with Crippen LogP contribution in [0.2, 0.25) is 0 Å². The quantitative estimate of drug-likeness (QED) is 0.0153. The van der Waals surface area contributed by atoms with Crippen LogP contribution in [0.4, 0.5) is 0 Å². The smallest absolute Gasteiger partial charge is 0.462 e. The first-order valence-electron chi connectivity index (χ1n) is 21.9. The number of phosphoric acid groups is 1. The molecule has 0 radical (unpaired) electrons. The van der Waals surface area contributed by atoms with Gasteiger partial charge in [0.15, 0.2) is 6.10 Å². The molecule has 12 heteroatoms. The largest absolute Gasteiger partial charge is 0.472 e. The SMILES string of the molecule is CCCCCCCC/C=C/C/C=C/C=C/C(O)CCCC(=O)OC[C@H](COP(=O)(O)OC[C@@H](O)CO)OC(=O)CCCCCCCCCCCCCCC(C)C. The van der Waals surface area contributed by atoms with E-state index >= 15 is 0 Å². The van der Waals surface area contributed by atoms with Crippen LogP contribution >= 0.6 is 7.82 Å². The number of esters is 2. The summed E-state index contributed by atoms with van der Waals surface area (Å²) in [6, 6.07) is 0. The van der Waals surface area contributed by atoms with E-state index in [-0.39, 0.29) is 12.8 Å². The maximum atomic E-state index is 12.6. The lowest BCUT2D eigenvalue weighted by molar-refractivity contribution is -0.161. The minimum absolute atomic E-state index is 0.0186. The maximum Gasteiger partial charge on any atom is 0.472 e. The zero-order chi connectivity index (χ0) is 41.5. The Labute approximate surface area is 340 Å². The Hall–Kier alpha value is -1.85. The highest BCUT2D eigenvalue weighted by molar-refractivity contribution is 7.47. The lowest BCUT2D eigenvalue weighted by atomic mass is 10.0. The van der Waals surface area contributed by atoms with Crippen molar-refractivity contribution < 1.29 is 52.9 Å². The monoisotopic (exact) mass is 817 g/mol. The average Bonchev–Trinajstić information content (AvgIpc) is 3.16. The minimum Gasteiger partial charge on any atom is -0.462 e. The van der Waals surface area contributed by atoms with E-state index in [0.717, 1.165) is 38.0 Å². The third-order valence-corrected chi connectivity index (χ3v) is 10.3. The lowest BCUT2D eigenvalue weighted by Crippen LogP contribution is -2.30. The first-order chi connectivity index (χ1) is 27.0. The van der Waals surface area contributed by atoms with Gasteiger partial charge in [-0.15, -0.1) is 0 Å². The Bertz CT molecular complexity index is 1060. The van der Waals surface area contributed by atoms with E-state index in [0.29, 0.717) is 19.3 Å². The Morgan fingerprint density at radius 2 is 1.21 bits per heavy atom. The second-order valence-electron chi connectivity index (χ2n) is 15.4. The summed E-state index contributed by atoms with van der Waals surface area (Å²) >= 11 is 0. The van der Waals surface area contributed by atoms with E-state index in [4.69, 9.17) is 19.1 Å². The Balaban J connectivity index is 4.47. The van der Waals surface area contributed by atoms with Gasteiger partial charge in [-0.2, -0.15) is 0 Å². The van der Waals surface area contributed by atoms with Crippen LogP contribution < -0.4 is 0 Å². The highest BCUT2D eigenvalue weighted by Gasteiger charge is 2.27. The molecule has 4 N–H and O–H groups in total. The van der Waals surface area contributed by atoms with Crippen LogP contribution in [0.15, 0.2) is 36.5 Å². The summed E-state index contributed by atoms with van der Waals surface area (Å²) in [4.78, 5) is 35.0. The van der Waals surface area contributed by atoms with Gasteiger partial charge in [0.2, 0.25) is 0 Å². The van der Waals surface area contributed by atoms with Crippen LogP contribution in [-0.2, 0) is 32.7 Å². The topological polar surface area (TPSA) is 169 Å². The molecule has 0 saturated carbocycles. The highest BCUT2D eigenvalue weighted by Crippen LogP contribution is 2.43. The molecule has 0 aromatic heterocycles. The summed E-state index contributed by atoms with van der Waals surface area (Å²) in [5.74, 6) is -0.322. The zero-order valence-electron chi connectivity index (χ0n) is 35.4. The number of allylic oxidation sites excluding steroid dienone is 5. The van der Waals surface area contributed by atoms with Crippen molar-refractivity contribution in [3.63, 3.8) is 0 Å². The summed E-state index contributed by atoms with van der Waals surface area (Å²) < 4.78 is 32.6. The summed E-state index contributed by atoms with van der Waals surface area (Å²) in [5.41, 5.74) is 0. The predicted octanol–water partition coefficient (Wildman–Crippen LogP) is 10.4. The third kappa shape index (κ3) is 39.0. The second kappa shape index (κ2) is 38.7. The molecule has 11 nitrogen and oxygen atoms in total. The van der Waals surface area contributed by atoms with Gasteiger partial charge >= 0.3 is 19.8 Å². The fourth-order valence-corrected chi connectivity index (χ4v) is 6.68. The van der Waals surface area contributed by atoms with E-state index in [2.05, 4.69) is 37.4 Å². The molecule has 2 unspecified atom stereocenters. The molecule has 0 aliphatic heterocycles. The Morgan fingerprint density at radius 1 is 0.643 bits per heavy atom. The van der Waals surface area contributed by atoms with Gasteiger partial charge in [-0.05, 0) is 44.4 Å². The fourth-order valence-electron chi connectivity index (χ4n) is 5.89. The van der Waals surface area contributed by atoms with E-state index < -0.39 is 64.5 Å². The number of ether oxygens (including phenoxy) is 2. The number of rotatable bonds is 40. The third-order valence-electron chi connectivity index (χ3n) is 9.33. The molecule has 0 heterocycles. The van der Waals surface area contributed by atoms with Gasteiger partial charge in [-0.25, -0.2) is 4.57 Å². The number of carbonyl (C=O) groups is 2. The van der Waals surface area contributed by atoms with Crippen molar-refractivity contribution in [2.45, 2.75) is 200 Å². The average molecular weight is 817 g/mol. The molecular formula is C44H81O11P. The first-order valence-corrected chi connectivity index (χ1v) is 23.4. The van der Waals surface area contributed by atoms with Crippen molar-refractivity contribution in [1.29, 1.82) is 0 Å². The van der Waals surface area contributed by atoms with Crippen LogP contribution in [0.25, 0.3) is 0 Å². The first kappa shape index (κ1) is 54.2. The van der Waals surface area contributed by atoms with Crippen molar-refractivity contribution in [1.82, 2.24) is 0 Å². The lowest BCUT2D eigenvalue weighted by Gasteiger charge is -2.20. The number of unbranched alkanes of at least 4 members (excludes halogenated alkanes) is 17. The molecular weight excluding hydrogens is 735 g/mol. The molecule has 0 spiro atoms. The normalized spacial score (nSPS) is 14.9. The zero-order valence-corrected chi connectivity index (χ0v) is 36.3. The Morgan fingerprint density at radius 3 is 1.84 bits per heavy atom. The number of hydrogen-bond acceptors (Lipinski definition) is 10. The van der Waals surface area contributed by atoms with E-state index in [1.807, 2.05) is 12.2 Å². The van der Waals surface area contributed by atoms with E-state index in [9.17, 15) is 29.3 Å². The van der Waals surface area contributed by atoms with Gasteiger partial charge in [0, 0.05) is 12.8 Å². The van der Waals surface area contributed by atoms with Gasteiger partial charge in [0.25, 0.3) is 0 Å². The van der Waals surface area contributed by atoms with Crippen LogP contribution in [0.5, 0.6) is 0 Å². The van der Waals surface area contributed by atoms with Gasteiger partial charge in [-0.3, -0.25) is 18.6 Å². The summed E-state index contributed by atoms with van der Waals surface area (Å²) in [6.45, 7) is 4.48. The van der Waals surface area contributed by atoms with E-state index in [1.54, 1.807) is 12.2 Å². The second-order valence-corrected chi connectivity index (χ2v) is 16.9. The van der Waals surface area contributed by atoms with Crippen LogP contribution in [0.1, 0.15) is 181 Å². The molecule has 0 saturated heterocycles. The maximum absolute atomic E-state index is 12.6. The number of hydrogen-bond donors (Lipinski definition) is 4. The number of aliphatic hydroxyl groups is 3. The summed E-state index contributed by atoms with van der Waals surface area (Å²) in [6.07, 6.45) is 34.3. The molecule has 4 atom stereocenters. The molecule has 0 fully saturated rings. The molecule has 0 bridgehead atoms. The van der Waals surface area contributed by atoms with Crippen molar-refractivity contribution in [2.24, 2.45) is 5.92 Å². The van der Waals surface area contributed by atoms with Gasteiger partial charge < -0.3 is 29.7 Å². The standard InChI is InChI=1S/C44H81O11P/c1-4-5-6-7-8-9-10-11-15-18-21-24-27-31-40(46)32-29-34-43(48)52-37-42(38-54-56(50,51)53-36-41(47)35-45)55-44(49)33-28-25-22-19-16-13-12-14-17-20-23-26-30-39(2)3/h11,15,21,24,27,31,39-42,45-47H,4-10,12-14,16-20,22-23,25-26,28-30,32-38H2,1-3H3,(H,50,51)/b15-11+,24-21+,31-27+/t40?,41-,42+/m0/s1. The molecule has 0 aliphatic rings. The fraction of sp³-hybridized carbons (Fsp3) is 0.818. The molecule has 0 aromatic carbocycles. The highest BCUT2D eigenvalue weighted by atomic mass is 31.2. The van der Waals surface area contributed by atoms with Crippen LogP contribution in [0.3, 0.4) is 0 Å². The summed E-state index contributed by atoms with van der Waals surface area (Å²) in [7, 11) is -4.66. The molecule has 0 aliphatic carbocycles. The van der Waals surface area contributed by atoms with Crippen LogP contribution in [-0.4, -0.2) is 76.9 Å². The van der Waals surface area contributed by atoms with Crippen molar-refractivity contribution in [3.8, 4) is 0 Å². The minimum atomic E-state index is -4.66. The van der Waals surface area contributed by atoms with Gasteiger partial charge in [0.05, 0.1) is 25.9 Å².